The van der Waals surface area contributed by atoms with Gasteiger partial charge in [-0.2, -0.15) is 0 Å². The molecule has 3 aromatic rings. The quantitative estimate of drug-likeness (QED) is 0.786. The van der Waals surface area contributed by atoms with E-state index in [1.54, 1.807) is 0 Å². The topological polar surface area (TPSA) is 46.9 Å². The molecule has 2 heterocycles. The molecule has 4 heteroatoms. The molecule has 22 heavy (non-hydrogen) atoms. The number of rotatable bonds is 5. The molecule has 0 saturated heterocycles. The molecule has 1 N–H and O–H groups in total. The van der Waals surface area contributed by atoms with E-state index >= 15 is 0 Å². The van der Waals surface area contributed by atoms with Gasteiger partial charge in [-0.15, -0.1) is 0 Å². The Morgan fingerprint density at radius 2 is 2.00 bits per heavy atom. The van der Waals surface area contributed by atoms with Gasteiger partial charge in [-0.25, -0.2) is 4.98 Å². The number of nitrogens with one attached hydrogen (secondary N) is 1. The zero-order valence-corrected chi connectivity index (χ0v) is 12.6. The predicted molar refractivity (Wildman–Crippen MR) is 87.9 cm³/mol. The van der Waals surface area contributed by atoms with Crippen LogP contribution in [0.5, 0.6) is 0 Å². The highest BCUT2D eigenvalue weighted by Gasteiger charge is 2.09. The maximum Gasteiger partial charge on any atom is 0.251 e. The van der Waals surface area contributed by atoms with Crippen molar-refractivity contribution in [3.05, 3.63) is 66.0 Å². The number of aromatic nitrogens is 2. The summed E-state index contributed by atoms with van der Waals surface area (Å²) in [5.41, 5.74) is 2.92. The summed E-state index contributed by atoms with van der Waals surface area (Å²) in [6, 6.07) is 13.3. The molecule has 0 fully saturated rings. The molecule has 1 aromatic carbocycles. The number of carbonyl (C=O) groups is 1. The molecule has 0 aliphatic heterocycles. The molecule has 3 rings (SSSR count). The Kier molecular flexibility index (Phi) is 4.19. The summed E-state index contributed by atoms with van der Waals surface area (Å²) in [5.74, 6) is -0.0297. The molecule has 0 aliphatic rings. The summed E-state index contributed by atoms with van der Waals surface area (Å²) >= 11 is 0. The average Bonchev–Trinajstić information content (AvgIpc) is 2.94. The molecule has 112 valence electrons. The lowest BCUT2D eigenvalue weighted by Gasteiger charge is -2.04. The molecule has 0 radical (unpaired) electrons. The van der Waals surface area contributed by atoms with Crippen LogP contribution >= 0.6 is 0 Å². The van der Waals surface area contributed by atoms with Crippen molar-refractivity contribution in [2.45, 2.75) is 19.9 Å². The largest absolute Gasteiger partial charge is 0.352 e. The number of nitrogens with zero attached hydrogens (tertiary/aromatic N) is 2. The monoisotopic (exact) mass is 293 g/mol. The Hall–Kier alpha value is -2.62. The maximum atomic E-state index is 12.0. The van der Waals surface area contributed by atoms with Gasteiger partial charge in [0.1, 0.15) is 5.65 Å². The highest BCUT2D eigenvalue weighted by molar-refractivity contribution is 5.94. The molecule has 0 spiro atoms. The van der Waals surface area contributed by atoms with Crippen LogP contribution in [0.15, 0.2) is 54.9 Å². The zero-order chi connectivity index (χ0) is 15.4. The van der Waals surface area contributed by atoms with Gasteiger partial charge in [0, 0.05) is 36.4 Å². The van der Waals surface area contributed by atoms with Gasteiger partial charge in [0.25, 0.3) is 5.91 Å². The van der Waals surface area contributed by atoms with Gasteiger partial charge in [-0.3, -0.25) is 4.79 Å². The molecular weight excluding hydrogens is 274 g/mol. The molecule has 2 aromatic heterocycles. The Morgan fingerprint density at radius 3 is 2.77 bits per heavy atom. The lowest BCUT2D eigenvalue weighted by molar-refractivity contribution is 0.0954. The van der Waals surface area contributed by atoms with Crippen molar-refractivity contribution >= 4 is 16.9 Å². The van der Waals surface area contributed by atoms with Crippen molar-refractivity contribution in [2.24, 2.45) is 0 Å². The number of amides is 1. The van der Waals surface area contributed by atoms with Gasteiger partial charge in [0.15, 0.2) is 0 Å². The fraction of sp³-hybridized carbons (Fsp3) is 0.222. The predicted octanol–water partition coefficient (Wildman–Crippen LogP) is 3.03. The number of hydrogen-bond donors (Lipinski definition) is 1. The second kappa shape index (κ2) is 6.43. The molecule has 0 bridgehead atoms. The van der Waals surface area contributed by atoms with E-state index in [0.717, 1.165) is 18.6 Å². The number of fused-ring (bicyclic) bond motifs is 1. The summed E-state index contributed by atoms with van der Waals surface area (Å²) < 4.78 is 2.14. The first-order chi connectivity index (χ1) is 10.8. The fourth-order valence-electron chi connectivity index (χ4n) is 2.64. The maximum absolute atomic E-state index is 12.0. The van der Waals surface area contributed by atoms with E-state index in [4.69, 9.17) is 0 Å². The minimum absolute atomic E-state index is 0.0297. The van der Waals surface area contributed by atoms with Gasteiger partial charge >= 0.3 is 0 Å². The van der Waals surface area contributed by atoms with E-state index in [2.05, 4.69) is 34.1 Å². The first-order valence-corrected chi connectivity index (χ1v) is 7.55. The summed E-state index contributed by atoms with van der Waals surface area (Å²) in [4.78, 5) is 16.5. The normalized spacial score (nSPS) is 10.8. The second-order valence-electron chi connectivity index (χ2n) is 5.19. The highest BCUT2D eigenvalue weighted by Crippen LogP contribution is 2.19. The lowest BCUT2D eigenvalue weighted by Crippen LogP contribution is -2.25. The number of benzene rings is 1. The van der Waals surface area contributed by atoms with Gasteiger partial charge in [-0.1, -0.05) is 18.2 Å². The summed E-state index contributed by atoms with van der Waals surface area (Å²) in [6.07, 6.45) is 4.75. The van der Waals surface area contributed by atoms with Crippen LogP contribution in [0, 0.1) is 0 Å². The van der Waals surface area contributed by atoms with Gasteiger partial charge < -0.3 is 9.88 Å². The van der Waals surface area contributed by atoms with Gasteiger partial charge in [0.05, 0.1) is 0 Å². The molecule has 1 amide bonds. The molecule has 4 nitrogen and oxygen atoms in total. The Balaban J connectivity index is 1.68. The number of pyridine rings is 1. The van der Waals surface area contributed by atoms with Crippen molar-refractivity contribution < 1.29 is 4.79 Å². The van der Waals surface area contributed by atoms with Crippen LogP contribution in [-0.2, 0) is 13.0 Å². The van der Waals surface area contributed by atoms with E-state index in [1.807, 2.05) is 42.6 Å². The van der Waals surface area contributed by atoms with E-state index in [1.165, 1.54) is 10.9 Å². The number of carbonyl (C=O) groups excluding carboxylic acids is 1. The van der Waals surface area contributed by atoms with E-state index in [0.29, 0.717) is 12.1 Å². The summed E-state index contributed by atoms with van der Waals surface area (Å²) in [7, 11) is 0. The molecule has 0 saturated carbocycles. The Morgan fingerprint density at radius 1 is 1.18 bits per heavy atom. The van der Waals surface area contributed by atoms with Crippen LogP contribution in [0.2, 0.25) is 0 Å². The fourth-order valence-corrected chi connectivity index (χ4v) is 2.64. The van der Waals surface area contributed by atoms with E-state index in [-0.39, 0.29) is 5.91 Å². The first kappa shape index (κ1) is 14.3. The minimum atomic E-state index is -0.0297. The van der Waals surface area contributed by atoms with Crippen molar-refractivity contribution in [3.8, 4) is 0 Å². The van der Waals surface area contributed by atoms with Crippen LogP contribution in [-0.4, -0.2) is 22.0 Å². The van der Waals surface area contributed by atoms with Crippen LogP contribution < -0.4 is 5.32 Å². The Labute approximate surface area is 129 Å². The van der Waals surface area contributed by atoms with E-state index in [9.17, 15) is 4.79 Å². The molecule has 0 atom stereocenters. The van der Waals surface area contributed by atoms with Crippen molar-refractivity contribution in [1.82, 2.24) is 14.9 Å². The third-order valence-corrected chi connectivity index (χ3v) is 3.77. The minimum Gasteiger partial charge on any atom is -0.352 e. The third-order valence-electron chi connectivity index (χ3n) is 3.77. The van der Waals surface area contributed by atoms with Crippen LogP contribution in [0.25, 0.3) is 11.0 Å². The second-order valence-corrected chi connectivity index (χ2v) is 5.19. The standard InChI is InChI=1S/C18H19N3O/c1-2-21-13-15(16-9-6-11-19-17(16)21)10-12-20-18(22)14-7-4-3-5-8-14/h3-9,11,13H,2,10,12H2,1H3,(H,20,22). The van der Waals surface area contributed by atoms with E-state index < -0.39 is 0 Å². The van der Waals surface area contributed by atoms with Crippen LogP contribution in [0.3, 0.4) is 0 Å². The SMILES string of the molecule is CCn1cc(CCNC(=O)c2ccccc2)c2cccnc21. The number of aryl methyl sites for hydroxylation is 1. The van der Waals surface area contributed by atoms with Crippen LogP contribution in [0.1, 0.15) is 22.8 Å². The molecule has 0 unspecified atom stereocenters. The highest BCUT2D eigenvalue weighted by atomic mass is 16.1. The van der Waals surface area contributed by atoms with Crippen LogP contribution in [0.4, 0.5) is 0 Å². The smallest absolute Gasteiger partial charge is 0.251 e. The lowest BCUT2D eigenvalue weighted by atomic mass is 10.1. The summed E-state index contributed by atoms with van der Waals surface area (Å²) in [6.45, 7) is 3.62. The average molecular weight is 293 g/mol. The van der Waals surface area contributed by atoms with Gasteiger partial charge in [-0.05, 0) is 43.2 Å². The first-order valence-electron chi connectivity index (χ1n) is 7.55. The van der Waals surface area contributed by atoms with Gasteiger partial charge in [0.2, 0.25) is 0 Å². The summed E-state index contributed by atoms with van der Waals surface area (Å²) in [5, 5.41) is 4.14. The number of hydrogen-bond acceptors (Lipinski definition) is 2. The molecule has 0 aliphatic carbocycles. The van der Waals surface area contributed by atoms with Crippen molar-refractivity contribution in [1.29, 1.82) is 0 Å². The van der Waals surface area contributed by atoms with Crippen molar-refractivity contribution in [3.63, 3.8) is 0 Å². The zero-order valence-electron chi connectivity index (χ0n) is 12.6. The third kappa shape index (κ3) is 2.86. The molecular formula is C18H19N3O. The Bertz CT molecular complexity index is 777. The van der Waals surface area contributed by atoms with Crippen molar-refractivity contribution in [2.75, 3.05) is 6.54 Å².